The number of carbonyl (C=O) groups is 1. The molecule has 1 heterocycles. The van der Waals surface area contributed by atoms with Gasteiger partial charge >= 0.3 is 0 Å². The summed E-state index contributed by atoms with van der Waals surface area (Å²) in [5, 5.41) is 9.82. The van der Waals surface area contributed by atoms with Crippen molar-refractivity contribution in [2.75, 3.05) is 6.61 Å². The van der Waals surface area contributed by atoms with E-state index in [0.29, 0.717) is 11.8 Å². The van der Waals surface area contributed by atoms with Gasteiger partial charge in [-0.25, -0.2) is 0 Å². The molecule has 23 heavy (non-hydrogen) atoms. The Balaban J connectivity index is 1.95. The van der Waals surface area contributed by atoms with E-state index < -0.39 is 5.60 Å². The maximum Gasteiger partial charge on any atom is 0.126 e. The third kappa shape index (κ3) is 2.34. The van der Waals surface area contributed by atoms with E-state index in [-0.39, 0.29) is 23.0 Å². The number of hydrogen-bond acceptors (Lipinski definition) is 3. The minimum absolute atomic E-state index is 0.00497. The molecule has 0 aromatic carbocycles. The van der Waals surface area contributed by atoms with Gasteiger partial charge in [-0.1, -0.05) is 26.3 Å². The Kier molecular flexibility index (Phi) is 4.04. The molecule has 0 unspecified atom stereocenters. The molecule has 0 radical (unpaired) electrons. The number of carbonyl (C=O) groups excluding carboxylic acids is 1. The van der Waals surface area contributed by atoms with Gasteiger partial charge in [-0.3, -0.25) is 0 Å². The van der Waals surface area contributed by atoms with Crippen LogP contribution in [0.15, 0.2) is 12.7 Å². The van der Waals surface area contributed by atoms with E-state index in [1.54, 1.807) is 6.08 Å². The van der Waals surface area contributed by atoms with E-state index in [9.17, 15) is 9.90 Å². The van der Waals surface area contributed by atoms with Crippen molar-refractivity contribution in [3.8, 4) is 0 Å². The standard InChI is InChI=1S/C20H32O3/c1-5-20(14-22)12-8-16-18(3)10-6-9-17(2,13-21)15(18)7-11-19(16,4)23-20/h5,13,15-16,22H,1,6-12,14H2,2-4H3/t15-,16+,17+,18-,19+,20-/m0/s1. The number of hydrogen-bond donors (Lipinski definition) is 1. The van der Waals surface area contributed by atoms with Crippen molar-refractivity contribution < 1.29 is 14.6 Å². The molecule has 1 N–H and O–H groups in total. The second-order valence-corrected chi connectivity index (χ2v) is 9.01. The first kappa shape index (κ1) is 17.2. The van der Waals surface area contributed by atoms with Crippen LogP contribution in [-0.4, -0.2) is 29.2 Å². The minimum Gasteiger partial charge on any atom is -0.393 e. The Morgan fingerprint density at radius 2 is 1.83 bits per heavy atom. The highest BCUT2D eigenvalue weighted by Crippen LogP contribution is 2.65. The van der Waals surface area contributed by atoms with E-state index in [0.717, 1.165) is 38.5 Å². The molecule has 0 aromatic rings. The van der Waals surface area contributed by atoms with Crippen LogP contribution in [0.4, 0.5) is 0 Å². The van der Waals surface area contributed by atoms with Crippen LogP contribution in [0.5, 0.6) is 0 Å². The van der Waals surface area contributed by atoms with E-state index >= 15 is 0 Å². The third-order valence-corrected chi connectivity index (χ3v) is 7.69. The molecule has 1 saturated heterocycles. The molecule has 1 aliphatic heterocycles. The topological polar surface area (TPSA) is 46.5 Å². The highest BCUT2D eigenvalue weighted by atomic mass is 16.5. The number of ether oxygens (including phenoxy) is 1. The first-order valence-electron chi connectivity index (χ1n) is 9.18. The number of rotatable bonds is 3. The van der Waals surface area contributed by atoms with Crippen LogP contribution < -0.4 is 0 Å². The van der Waals surface area contributed by atoms with E-state index in [2.05, 4.69) is 27.4 Å². The lowest BCUT2D eigenvalue weighted by molar-refractivity contribution is -0.262. The van der Waals surface area contributed by atoms with Gasteiger partial charge in [0.05, 0.1) is 12.2 Å². The van der Waals surface area contributed by atoms with Gasteiger partial charge in [-0.05, 0) is 62.7 Å². The fourth-order valence-corrected chi connectivity index (χ4v) is 6.45. The first-order valence-corrected chi connectivity index (χ1v) is 9.18. The lowest BCUT2D eigenvalue weighted by Crippen LogP contribution is -2.64. The van der Waals surface area contributed by atoms with Crippen LogP contribution in [0.2, 0.25) is 0 Å². The second-order valence-electron chi connectivity index (χ2n) is 9.01. The number of aldehydes is 1. The van der Waals surface area contributed by atoms with Gasteiger partial charge in [0.1, 0.15) is 11.9 Å². The molecule has 0 spiro atoms. The molecule has 3 fully saturated rings. The summed E-state index contributed by atoms with van der Waals surface area (Å²) in [6, 6.07) is 0. The van der Waals surface area contributed by atoms with Gasteiger partial charge in [0.2, 0.25) is 0 Å². The molecule has 3 aliphatic rings. The minimum atomic E-state index is -0.586. The predicted octanol–water partition coefficient (Wildman–Crippen LogP) is 3.89. The van der Waals surface area contributed by atoms with Gasteiger partial charge in [0.25, 0.3) is 0 Å². The molecule has 3 heteroatoms. The van der Waals surface area contributed by atoms with Crippen molar-refractivity contribution in [2.45, 2.75) is 76.9 Å². The molecular weight excluding hydrogens is 288 g/mol. The summed E-state index contributed by atoms with van der Waals surface area (Å²) in [5.41, 5.74) is -0.833. The predicted molar refractivity (Wildman–Crippen MR) is 91.1 cm³/mol. The molecule has 2 saturated carbocycles. The van der Waals surface area contributed by atoms with E-state index in [4.69, 9.17) is 4.74 Å². The van der Waals surface area contributed by atoms with Gasteiger partial charge in [0, 0.05) is 5.41 Å². The summed E-state index contributed by atoms with van der Waals surface area (Å²) in [6.07, 6.45) is 10.2. The Morgan fingerprint density at radius 3 is 2.43 bits per heavy atom. The monoisotopic (exact) mass is 320 g/mol. The normalized spacial score (nSPS) is 53.0. The van der Waals surface area contributed by atoms with Crippen LogP contribution in [0.3, 0.4) is 0 Å². The Morgan fingerprint density at radius 1 is 1.13 bits per heavy atom. The molecule has 0 bridgehead atoms. The molecule has 0 aromatic heterocycles. The molecule has 0 amide bonds. The van der Waals surface area contributed by atoms with Crippen LogP contribution in [-0.2, 0) is 9.53 Å². The van der Waals surface area contributed by atoms with Crippen LogP contribution in [0.1, 0.15) is 65.7 Å². The van der Waals surface area contributed by atoms with Crippen LogP contribution >= 0.6 is 0 Å². The van der Waals surface area contributed by atoms with Crippen molar-refractivity contribution in [3.05, 3.63) is 12.7 Å². The fourth-order valence-electron chi connectivity index (χ4n) is 6.45. The summed E-state index contributed by atoms with van der Waals surface area (Å²) in [5.74, 6) is 0.904. The van der Waals surface area contributed by atoms with Crippen LogP contribution in [0, 0.1) is 22.7 Å². The molecular formula is C20H32O3. The molecule has 3 nitrogen and oxygen atoms in total. The number of aliphatic hydroxyl groups is 1. The first-order chi connectivity index (χ1) is 10.8. The summed E-state index contributed by atoms with van der Waals surface area (Å²) >= 11 is 0. The Hall–Kier alpha value is -0.670. The highest BCUT2D eigenvalue weighted by Gasteiger charge is 2.62. The van der Waals surface area contributed by atoms with Crippen molar-refractivity contribution >= 4 is 6.29 Å². The Labute approximate surface area is 140 Å². The zero-order valence-corrected chi connectivity index (χ0v) is 14.9. The largest absolute Gasteiger partial charge is 0.393 e. The zero-order chi connectivity index (χ0) is 16.9. The van der Waals surface area contributed by atoms with Crippen molar-refractivity contribution in [3.63, 3.8) is 0 Å². The van der Waals surface area contributed by atoms with Gasteiger partial charge in [-0.15, -0.1) is 6.58 Å². The fraction of sp³-hybridized carbons (Fsp3) is 0.850. The maximum atomic E-state index is 11.8. The molecule has 2 aliphatic carbocycles. The average Bonchev–Trinajstić information content (AvgIpc) is 2.53. The van der Waals surface area contributed by atoms with E-state index in [1.165, 1.54) is 12.7 Å². The SMILES string of the molecule is C=C[C@@]1(CO)CC[C@@H]2[C@@]3(C)CCC[C@](C)(C=O)[C@@H]3CC[C@@]2(C)O1. The van der Waals surface area contributed by atoms with E-state index in [1.807, 2.05) is 0 Å². The van der Waals surface area contributed by atoms with Gasteiger partial charge < -0.3 is 14.6 Å². The van der Waals surface area contributed by atoms with Crippen LogP contribution in [0.25, 0.3) is 0 Å². The third-order valence-electron chi connectivity index (χ3n) is 7.69. The van der Waals surface area contributed by atoms with Crippen molar-refractivity contribution in [1.82, 2.24) is 0 Å². The number of aliphatic hydroxyl groups excluding tert-OH is 1. The zero-order valence-electron chi connectivity index (χ0n) is 14.9. The van der Waals surface area contributed by atoms with Gasteiger partial charge in [-0.2, -0.15) is 0 Å². The second kappa shape index (κ2) is 5.42. The quantitative estimate of drug-likeness (QED) is 0.634. The number of fused-ring (bicyclic) bond motifs is 3. The molecule has 3 rings (SSSR count). The molecule has 130 valence electrons. The smallest absolute Gasteiger partial charge is 0.126 e. The summed E-state index contributed by atoms with van der Waals surface area (Å²) in [7, 11) is 0. The highest BCUT2D eigenvalue weighted by molar-refractivity contribution is 5.60. The van der Waals surface area contributed by atoms with Crippen molar-refractivity contribution in [1.29, 1.82) is 0 Å². The summed E-state index contributed by atoms with van der Waals surface area (Å²) in [4.78, 5) is 11.8. The molecule has 6 atom stereocenters. The maximum absolute atomic E-state index is 11.8. The van der Waals surface area contributed by atoms with Crippen molar-refractivity contribution in [2.24, 2.45) is 22.7 Å². The summed E-state index contributed by atoms with van der Waals surface area (Å²) < 4.78 is 6.52. The summed E-state index contributed by atoms with van der Waals surface area (Å²) in [6.45, 7) is 10.7. The average molecular weight is 320 g/mol. The van der Waals surface area contributed by atoms with Gasteiger partial charge in [0.15, 0.2) is 0 Å². The lowest BCUT2D eigenvalue weighted by Gasteiger charge is -2.64. The lowest BCUT2D eigenvalue weighted by atomic mass is 9.44. The Bertz CT molecular complexity index is 503.